The van der Waals surface area contributed by atoms with Gasteiger partial charge in [0.05, 0.1) is 12.1 Å². The van der Waals surface area contributed by atoms with Crippen LogP contribution in [-0.4, -0.2) is 16.2 Å². The van der Waals surface area contributed by atoms with E-state index in [0.717, 1.165) is 29.0 Å². The van der Waals surface area contributed by atoms with Gasteiger partial charge >= 0.3 is 5.97 Å². The van der Waals surface area contributed by atoms with Gasteiger partial charge in [0.25, 0.3) is 0 Å². The van der Waals surface area contributed by atoms with Gasteiger partial charge in [0, 0.05) is 11.0 Å². The highest BCUT2D eigenvalue weighted by atomic mass is 16.5. The van der Waals surface area contributed by atoms with Gasteiger partial charge in [-0.15, -0.1) is 0 Å². The number of carboxylic acid groups (broad SMARTS) is 1. The monoisotopic (exact) mass is 261 g/mol. The molecule has 1 heterocycles. The van der Waals surface area contributed by atoms with Crippen LogP contribution >= 0.6 is 0 Å². The van der Waals surface area contributed by atoms with Crippen LogP contribution in [0.4, 0.5) is 0 Å². The van der Waals surface area contributed by atoms with E-state index in [1.807, 2.05) is 0 Å². The summed E-state index contributed by atoms with van der Waals surface area (Å²) in [4.78, 5) is 11.0. The Labute approximate surface area is 112 Å². The highest BCUT2D eigenvalue weighted by molar-refractivity contribution is 5.70. The van der Waals surface area contributed by atoms with Crippen LogP contribution in [0.25, 0.3) is 0 Å². The number of aromatic nitrogens is 1. The fourth-order valence-corrected chi connectivity index (χ4v) is 5.38. The molecule has 4 saturated carbocycles. The normalized spacial score (nSPS) is 39.7. The highest BCUT2D eigenvalue weighted by Gasteiger charge is 2.53. The Balaban J connectivity index is 1.72. The molecule has 4 fully saturated rings. The summed E-state index contributed by atoms with van der Waals surface area (Å²) in [6.45, 7) is 0. The van der Waals surface area contributed by atoms with Crippen molar-refractivity contribution >= 4 is 5.97 Å². The van der Waals surface area contributed by atoms with Crippen LogP contribution in [0.5, 0.6) is 0 Å². The summed E-state index contributed by atoms with van der Waals surface area (Å²) >= 11 is 0. The average Bonchev–Trinajstić information content (AvgIpc) is 2.74. The zero-order valence-corrected chi connectivity index (χ0v) is 11.0. The second-order valence-electron chi connectivity index (χ2n) is 6.96. The van der Waals surface area contributed by atoms with E-state index < -0.39 is 5.97 Å². The lowest BCUT2D eigenvalue weighted by atomic mass is 9.48. The standard InChI is InChI=1S/C15H19NO3/c17-13(18)4-12-8-19-16-14(12)15-5-9-1-10(6-15)3-11(2-9)7-15/h8-11H,1-7H2,(H,17,18). The number of carboxylic acids is 1. The first-order valence-electron chi connectivity index (χ1n) is 7.30. The van der Waals surface area contributed by atoms with Gasteiger partial charge in [-0.05, 0) is 56.3 Å². The van der Waals surface area contributed by atoms with E-state index in [1.54, 1.807) is 6.26 Å². The molecule has 0 saturated heterocycles. The van der Waals surface area contributed by atoms with Crippen LogP contribution in [0, 0.1) is 17.8 Å². The van der Waals surface area contributed by atoms with E-state index in [2.05, 4.69) is 5.16 Å². The Hall–Kier alpha value is -1.32. The topological polar surface area (TPSA) is 63.3 Å². The summed E-state index contributed by atoms with van der Waals surface area (Å²) in [7, 11) is 0. The molecular weight excluding hydrogens is 242 g/mol. The molecule has 1 aromatic heterocycles. The minimum absolute atomic E-state index is 0.0422. The SMILES string of the molecule is O=C(O)Cc1conc1C12CC3CC(CC(C3)C1)C2. The smallest absolute Gasteiger partial charge is 0.308 e. The molecule has 4 aliphatic rings. The molecule has 19 heavy (non-hydrogen) atoms. The molecule has 0 aromatic carbocycles. The molecule has 0 spiro atoms. The van der Waals surface area contributed by atoms with Gasteiger partial charge in [-0.25, -0.2) is 0 Å². The third kappa shape index (κ3) is 1.72. The molecule has 0 atom stereocenters. The third-order valence-electron chi connectivity index (χ3n) is 5.53. The lowest BCUT2D eigenvalue weighted by Crippen LogP contribution is -2.49. The average molecular weight is 261 g/mol. The predicted octanol–water partition coefficient (Wildman–Crippen LogP) is 2.77. The van der Waals surface area contributed by atoms with Crippen LogP contribution in [0.15, 0.2) is 10.8 Å². The Bertz CT molecular complexity index is 484. The van der Waals surface area contributed by atoms with Crippen LogP contribution in [0.1, 0.15) is 49.8 Å². The fourth-order valence-electron chi connectivity index (χ4n) is 5.38. The molecular formula is C15H19NO3. The quantitative estimate of drug-likeness (QED) is 0.908. The Kier molecular flexibility index (Phi) is 2.32. The maximum atomic E-state index is 11.0. The van der Waals surface area contributed by atoms with Crippen molar-refractivity contribution in [3.63, 3.8) is 0 Å². The van der Waals surface area contributed by atoms with Gasteiger partial charge in [-0.3, -0.25) is 4.79 Å². The largest absolute Gasteiger partial charge is 0.481 e. The predicted molar refractivity (Wildman–Crippen MR) is 67.7 cm³/mol. The van der Waals surface area contributed by atoms with Crippen molar-refractivity contribution in [3.05, 3.63) is 17.5 Å². The lowest BCUT2D eigenvalue weighted by Gasteiger charge is -2.56. The number of nitrogens with zero attached hydrogens (tertiary/aromatic N) is 1. The molecule has 4 bridgehead atoms. The van der Waals surface area contributed by atoms with Crippen molar-refractivity contribution in [2.45, 2.75) is 50.4 Å². The van der Waals surface area contributed by atoms with Crippen LogP contribution in [-0.2, 0) is 16.6 Å². The van der Waals surface area contributed by atoms with Gasteiger partial charge in [-0.1, -0.05) is 5.16 Å². The summed E-state index contributed by atoms with van der Waals surface area (Å²) in [5.41, 5.74) is 1.90. The van der Waals surface area contributed by atoms with Crippen LogP contribution in [0.3, 0.4) is 0 Å². The van der Waals surface area contributed by atoms with Gasteiger partial charge in [-0.2, -0.15) is 0 Å². The zero-order valence-electron chi connectivity index (χ0n) is 11.0. The first-order chi connectivity index (χ1) is 9.14. The number of hydrogen-bond acceptors (Lipinski definition) is 3. The molecule has 0 amide bonds. The number of hydrogen-bond donors (Lipinski definition) is 1. The van der Waals surface area contributed by atoms with E-state index in [1.165, 1.54) is 38.5 Å². The van der Waals surface area contributed by atoms with Crippen molar-refractivity contribution in [2.24, 2.45) is 17.8 Å². The first-order valence-corrected chi connectivity index (χ1v) is 7.30. The zero-order chi connectivity index (χ0) is 13.0. The maximum Gasteiger partial charge on any atom is 0.308 e. The summed E-state index contributed by atoms with van der Waals surface area (Å²) in [6, 6.07) is 0. The second kappa shape index (κ2) is 3.84. The molecule has 1 N–H and O–H groups in total. The van der Waals surface area contributed by atoms with Gasteiger partial charge < -0.3 is 9.63 Å². The number of aliphatic carboxylic acids is 1. The van der Waals surface area contributed by atoms with Crippen molar-refractivity contribution in [1.29, 1.82) is 0 Å². The number of carbonyl (C=O) groups is 1. The van der Waals surface area contributed by atoms with Crippen LogP contribution < -0.4 is 0 Å². The van der Waals surface area contributed by atoms with Crippen LogP contribution in [0.2, 0.25) is 0 Å². The number of rotatable bonds is 3. The summed E-state index contributed by atoms with van der Waals surface area (Å²) < 4.78 is 5.12. The van der Waals surface area contributed by atoms with E-state index in [-0.39, 0.29) is 11.8 Å². The minimum Gasteiger partial charge on any atom is -0.481 e. The van der Waals surface area contributed by atoms with E-state index >= 15 is 0 Å². The fraction of sp³-hybridized carbons (Fsp3) is 0.733. The molecule has 0 unspecified atom stereocenters. The van der Waals surface area contributed by atoms with E-state index in [9.17, 15) is 4.79 Å². The Morgan fingerprint density at radius 1 is 1.26 bits per heavy atom. The lowest BCUT2D eigenvalue weighted by molar-refractivity contribution is -0.136. The van der Waals surface area contributed by atoms with Gasteiger partial charge in [0.1, 0.15) is 6.26 Å². The van der Waals surface area contributed by atoms with Crippen molar-refractivity contribution < 1.29 is 14.4 Å². The van der Waals surface area contributed by atoms with E-state index in [0.29, 0.717) is 0 Å². The summed E-state index contributed by atoms with van der Waals surface area (Å²) in [6.07, 6.45) is 9.30. The Morgan fingerprint density at radius 3 is 2.37 bits per heavy atom. The first kappa shape index (κ1) is 11.5. The highest BCUT2D eigenvalue weighted by Crippen LogP contribution is 2.60. The third-order valence-corrected chi connectivity index (χ3v) is 5.53. The molecule has 1 aromatic rings. The molecule has 4 heteroatoms. The molecule has 102 valence electrons. The van der Waals surface area contributed by atoms with Crippen molar-refractivity contribution in [3.8, 4) is 0 Å². The summed E-state index contributed by atoms with van der Waals surface area (Å²) in [5.74, 6) is 1.70. The van der Waals surface area contributed by atoms with Gasteiger partial charge in [0.15, 0.2) is 0 Å². The van der Waals surface area contributed by atoms with Gasteiger partial charge in [0.2, 0.25) is 0 Å². The summed E-state index contributed by atoms with van der Waals surface area (Å²) in [5, 5.41) is 13.2. The molecule has 0 radical (unpaired) electrons. The van der Waals surface area contributed by atoms with Crippen molar-refractivity contribution in [1.82, 2.24) is 5.16 Å². The molecule has 5 rings (SSSR count). The second-order valence-corrected chi connectivity index (χ2v) is 6.96. The molecule has 4 nitrogen and oxygen atoms in total. The van der Waals surface area contributed by atoms with Crippen molar-refractivity contribution in [2.75, 3.05) is 0 Å². The Morgan fingerprint density at radius 2 is 1.84 bits per heavy atom. The molecule has 0 aliphatic heterocycles. The molecule has 4 aliphatic carbocycles. The maximum absolute atomic E-state index is 11.0. The van der Waals surface area contributed by atoms with E-state index in [4.69, 9.17) is 9.63 Å². The minimum atomic E-state index is -0.797.